The van der Waals surface area contributed by atoms with Crippen LogP contribution in [-0.2, 0) is 11.2 Å². The third-order valence-electron chi connectivity index (χ3n) is 3.22. The lowest BCUT2D eigenvalue weighted by Crippen LogP contribution is -2.00. The number of carbonyl (C=O) groups is 1. The fourth-order valence-corrected chi connectivity index (χ4v) is 2.17. The number of hydrogen-bond donors (Lipinski definition) is 1. The SMILES string of the molecule is Cc1ccc2nc(CC(=O)O)c(N=Nc3ccc(F)cc3)n2c1. The molecule has 2 aromatic heterocycles. The average molecular weight is 312 g/mol. The summed E-state index contributed by atoms with van der Waals surface area (Å²) in [7, 11) is 0. The first kappa shape index (κ1) is 14.8. The highest BCUT2D eigenvalue weighted by Crippen LogP contribution is 2.25. The number of nitrogens with zero attached hydrogens (tertiary/aromatic N) is 4. The van der Waals surface area contributed by atoms with Crippen LogP contribution in [0.5, 0.6) is 0 Å². The van der Waals surface area contributed by atoms with E-state index >= 15 is 0 Å². The van der Waals surface area contributed by atoms with Gasteiger partial charge < -0.3 is 5.11 Å². The first-order valence-corrected chi connectivity index (χ1v) is 6.89. The summed E-state index contributed by atoms with van der Waals surface area (Å²) in [6.07, 6.45) is 1.56. The summed E-state index contributed by atoms with van der Waals surface area (Å²) in [6.45, 7) is 1.91. The van der Waals surface area contributed by atoms with E-state index in [1.54, 1.807) is 10.5 Å². The molecule has 0 aliphatic rings. The summed E-state index contributed by atoms with van der Waals surface area (Å²) >= 11 is 0. The van der Waals surface area contributed by atoms with Crippen molar-refractivity contribution in [3.05, 3.63) is 59.7 Å². The molecule has 1 aromatic carbocycles. The second-order valence-electron chi connectivity index (χ2n) is 5.06. The molecule has 0 radical (unpaired) electrons. The Kier molecular flexibility index (Phi) is 3.84. The van der Waals surface area contributed by atoms with E-state index in [2.05, 4.69) is 15.2 Å². The highest BCUT2D eigenvalue weighted by Gasteiger charge is 2.15. The number of imidazole rings is 1. The molecule has 0 aliphatic heterocycles. The van der Waals surface area contributed by atoms with Gasteiger partial charge in [0.05, 0.1) is 17.8 Å². The smallest absolute Gasteiger partial charge is 0.309 e. The summed E-state index contributed by atoms with van der Waals surface area (Å²) in [5.74, 6) is -1.00. The number of halogens is 1. The molecular weight excluding hydrogens is 299 g/mol. The second kappa shape index (κ2) is 5.96. The predicted molar refractivity (Wildman–Crippen MR) is 81.8 cm³/mol. The number of aryl methyl sites for hydroxylation is 1. The number of azo groups is 1. The maximum Gasteiger partial charge on any atom is 0.309 e. The number of hydrogen-bond acceptors (Lipinski definition) is 4. The van der Waals surface area contributed by atoms with Crippen LogP contribution in [0.3, 0.4) is 0 Å². The number of aromatic nitrogens is 2. The number of pyridine rings is 1. The number of rotatable bonds is 4. The van der Waals surface area contributed by atoms with Gasteiger partial charge in [-0.3, -0.25) is 9.20 Å². The minimum atomic E-state index is -0.997. The lowest BCUT2D eigenvalue weighted by atomic mass is 10.3. The van der Waals surface area contributed by atoms with Crippen molar-refractivity contribution in [1.82, 2.24) is 9.38 Å². The Labute approximate surface area is 130 Å². The molecule has 116 valence electrons. The van der Waals surface area contributed by atoms with Crippen LogP contribution in [0, 0.1) is 12.7 Å². The summed E-state index contributed by atoms with van der Waals surface area (Å²) in [4.78, 5) is 15.3. The maximum atomic E-state index is 12.9. The quantitative estimate of drug-likeness (QED) is 0.744. The molecule has 0 unspecified atom stereocenters. The van der Waals surface area contributed by atoms with Crippen molar-refractivity contribution < 1.29 is 14.3 Å². The monoisotopic (exact) mass is 312 g/mol. The van der Waals surface area contributed by atoms with Gasteiger partial charge in [0.25, 0.3) is 0 Å². The van der Waals surface area contributed by atoms with Crippen LogP contribution in [0.1, 0.15) is 11.3 Å². The first-order chi connectivity index (χ1) is 11.0. The van der Waals surface area contributed by atoms with Crippen molar-refractivity contribution >= 4 is 23.1 Å². The van der Waals surface area contributed by atoms with Crippen LogP contribution in [0.25, 0.3) is 5.65 Å². The number of aliphatic carboxylic acids is 1. The Morgan fingerprint density at radius 2 is 1.96 bits per heavy atom. The minimum absolute atomic E-state index is 0.251. The van der Waals surface area contributed by atoms with Gasteiger partial charge in [0.2, 0.25) is 0 Å². The number of carboxylic acids is 1. The van der Waals surface area contributed by atoms with E-state index in [0.29, 0.717) is 22.8 Å². The lowest BCUT2D eigenvalue weighted by Gasteiger charge is -1.99. The molecule has 0 spiro atoms. The summed E-state index contributed by atoms with van der Waals surface area (Å²) in [6, 6.07) is 9.22. The van der Waals surface area contributed by atoms with Crippen LogP contribution < -0.4 is 0 Å². The first-order valence-electron chi connectivity index (χ1n) is 6.89. The van der Waals surface area contributed by atoms with Crippen molar-refractivity contribution in [2.75, 3.05) is 0 Å². The zero-order valence-corrected chi connectivity index (χ0v) is 12.3. The lowest BCUT2D eigenvalue weighted by molar-refractivity contribution is -0.136. The average Bonchev–Trinajstić information content (AvgIpc) is 2.82. The molecule has 0 amide bonds. The zero-order valence-electron chi connectivity index (χ0n) is 12.3. The normalized spacial score (nSPS) is 11.4. The summed E-state index contributed by atoms with van der Waals surface area (Å²) in [5, 5.41) is 17.2. The molecule has 0 atom stereocenters. The Morgan fingerprint density at radius 1 is 1.22 bits per heavy atom. The highest BCUT2D eigenvalue weighted by molar-refractivity contribution is 5.72. The molecular formula is C16H13FN4O2. The van der Waals surface area contributed by atoms with Gasteiger partial charge >= 0.3 is 5.97 Å². The molecule has 0 saturated carbocycles. The van der Waals surface area contributed by atoms with Gasteiger partial charge in [0, 0.05) is 6.20 Å². The maximum absolute atomic E-state index is 12.9. The van der Waals surface area contributed by atoms with Gasteiger partial charge in [-0.2, -0.15) is 0 Å². The Morgan fingerprint density at radius 3 is 2.65 bits per heavy atom. The molecule has 7 heteroatoms. The van der Waals surface area contributed by atoms with Crippen molar-refractivity contribution in [1.29, 1.82) is 0 Å². The Hall–Kier alpha value is -3.09. The molecule has 6 nitrogen and oxygen atoms in total. The number of benzene rings is 1. The predicted octanol–water partition coefficient (Wildman–Crippen LogP) is 3.82. The molecule has 3 aromatic rings. The molecule has 2 heterocycles. The topological polar surface area (TPSA) is 79.3 Å². The zero-order chi connectivity index (χ0) is 16.4. The van der Waals surface area contributed by atoms with Crippen LogP contribution in [-0.4, -0.2) is 20.5 Å². The van der Waals surface area contributed by atoms with Crippen LogP contribution >= 0.6 is 0 Å². The van der Waals surface area contributed by atoms with Crippen molar-refractivity contribution in [2.24, 2.45) is 10.2 Å². The van der Waals surface area contributed by atoms with E-state index in [0.717, 1.165) is 5.56 Å². The number of fused-ring (bicyclic) bond motifs is 1. The highest BCUT2D eigenvalue weighted by atomic mass is 19.1. The fourth-order valence-electron chi connectivity index (χ4n) is 2.17. The van der Waals surface area contributed by atoms with E-state index in [4.69, 9.17) is 5.11 Å². The van der Waals surface area contributed by atoms with Crippen molar-refractivity contribution in [3.8, 4) is 0 Å². The van der Waals surface area contributed by atoms with Gasteiger partial charge in [0.15, 0.2) is 5.82 Å². The molecule has 0 saturated heterocycles. The third kappa shape index (κ3) is 3.23. The molecule has 23 heavy (non-hydrogen) atoms. The molecule has 1 N–H and O–H groups in total. The Balaban J connectivity index is 2.07. The van der Waals surface area contributed by atoms with Crippen molar-refractivity contribution in [2.45, 2.75) is 13.3 Å². The van der Waals surface area contributed by atoms with Gasteiger partial charge in [0.1, 0.15) is 11.5 Å². The van der Waals surface area contributed by atoms with Gasteiger partial charge in [-0.1, -0.05) is 6.07 Å². The van der Waals surface area contributed by atoms with Crippen LogP contribution in [0.2, 0.25) is 0 Å². The Bertz CT molecular complexity index is 900. The third-order valence-corrected chi connectivity index (χ3v) is 3.22. The van der Waals surface area contributed by atoms with Crippen molar-refractivity contribution in [3.63, 3.8) is 0 Å². The second-order valence-corrected chi connectivity index (χ2v) is 5.06. The minimum Gasteiger partial charge on any atom is -0.481 e. The van der Waals surface area contributed by atoms with E-state index in [9.17, 15) is 9.18 Å². The largest absolute Gasteiger partial charge is 0.481 e. The van der Waals surface area contributed by atoms with Crippen LogP contribution in [0.15, 0.2) is 52.8 Å². The fraction of sp³-hybridized carbons (Fsp3) is 0.125. The van der Waals surface area contributed by atoms with E-state index in [1.165, 1.54) is 24.3 Å². The van der Waals surface area contributed by atoms with E-state index in [1.807, 2.05) is 19.2 Å². The number of carboxylic acid groups (broad SMARTS) is 1. The molecule has 0 fully saturated rings. The molecule has 0 bridgehead atoms. The van der Waals surface area contributed by atoms with Crippen LogP contribution in [0.4, 0.5) is 15.9 Å². The summed E-state index contributed by atoms with van der Waals surface area (Å²) in [5.41, 5.74) is 2.37. The van der Waals surface area contributed by atoms with Gasteiger partial charge in [-0.25, -0.2) is 9.37 Å². The summed E-state index contributed by atoms with van der Waals surface area (Å²) < 4.78 is 14.6. The van der Waals surface area contributed by atoms with Gasteiger partial charge in [-0.15, -0.1) is 10.2 Å². The van der Waals surface area contributed by atoms with E-state index < -0.39 is 5.97 Å². The molecule has 0 aliphatic carbocycles. The molecule has 3 rings (SSSR count). The van der Waals surface area contributed by atoms with E-state index in [-0.39, 0.29) is 12.2 Å². The van der Waals surface area contributed by atoms with Gasteiger partial charge in [-0.05, 0) is 42.8 Å². The standard InChI is InChI=1S/C16H13FN4O2/c1-10-2-7-14-18-13(8-15(22)23)16(21(14)9-10)20-19-12-5-3-11(17)4-6-12/h2-7,9H,8H2,1H3,(H,22,23).